The van der Waals surface area contributed by atoms with Gasteiger partial charge in [0.2, 0.25) is 0 Å². The summed E-state index contributed by atoms with van der Waals surface area (Å²) in [6.07, 6.45) is 0. The van der Waals surface area contributed by atoms with E-state index in [1.54, 1.807) is 0 Å². The molecule has 100 valence electrons. The molecule has 1 N–H and O–H groups in total. The van der Waals surface area contributed by atoms with Crippen LogP contribution in [0, 0.1) is 27.2 Å². The van der Waals surface area contributed by atoms with E-state index in [1.165, 1.54) is 6.92 Å². The number of benzene rings is 1. The molecule has 1 rings (SSSR count). The summed E-state index contributed by atoms with van der Waals surface area (Å²) in [5, 5.41) is 21.2. The molecule has 0 amide bonds. The lowest BCUT2D eigenvalue weighted by Crippen LogP contribution is -2.08. The highest BCUT2D eigenvalue weighted by atomic mass is 35.5. The molecule has 0 aliphatic heterocycles. The highest BCUT2D eigenvalue weighted by Crippen LogP contribution is 2.35. The van der Waals surface area contributed by atoms with Crippen LogP contribution in [0.25, 0.3) is 0 Å². The van der Waals surface area contributed by atoms with E-state index in [0.717, 1.165) is 12.1 Å². The second-order valence-corrected chi connectivity index (χ2v) is 4.43. The van der Waals surface area contributed by atoms with Crippen molar-refractivity contribution in [1.82, 2.24) is 0 Å². The zero-order valence-electron chi connectivity index (χ0n) is 8.76. The zero-order chi connectivity index (χ0) is 13.4. The Bertz CT molecular complexity index is 612. The maximum absolute atomic E-state index is 11.0. The van der Waals surface area contributed by atoms with Crippen LogP contribution in [0.1, 0.15) is 5.56 Å². The summed E-state index contributed by atoms with van der Waals surface area (Å²) in [6, 6.07) is 1.82. The van der Waals surface area contributed by atoms with Gasteiger partial charge in [-0.15, -0.1) is 12.4 Å². The maximum atomic E-state index is 11.0. The summed E-state index contributed by atoms with van der Waals surface area (Å²) in [4.78, 5) is 17.8. The third-order valence-electron chi connectivity index (χ3n) is 1.94. The first-order chi connectivity index (χ1) is 7.66. The van der Waals surface area contributed by atoms with Crippen LogP contribution >= 0.6 is 12.4 Å². The van der Waals surface area contributed by atoms with Gasteiger partial charge in [0.05, 0.1) is 9.85 Å². The SMILES string of the molecule is Cc1ccc([N+](=O)[O-])c([N+](=O)[O-])c1S(=O)(=O)O.Cl. The fraction of sp³-hybridized carbons (Fsp3) is 0.143. The minimum absolute atomic E-state index is 0. The van der Waals surface area contributed by atoms with E-state index < -0.39 is 36.2 Å². The molecule has 0 spiro atoms. The summed E-state index contributed by atoms with van der Waals surface area (Å²) in [6.45, 7) is 1.18. The molecule has 0 unspecified atom stereocenters. The molecule has 0 fully saturated rings. The minimum atomic E-state index is -4.91. The van der Waals surface area contributed by atoms with E-state index in [4.69, 9.17) is 4.55 Å². The quantitative estimate of drug-likeness (QED) is 0.506. The van der Waals surface area contributed by atoms with Gasteiger partial charge in [0, 0.05) is 6.07 Å². The lowest BCUT2D eigenvalue weighted by Gasteiger charge is -2.03. The van der Waals surface area contributed by atoms with Crippen LogP contribution in [0.5, 0.6) is 0 Å². The van der Waals surface area contributed by atoms with Crippen LogP contribution in [-0.2, 0) is 10.1 Å². The lowest BCUT2D eigenvalue weighted by atomic mass is 10.2. The Kier molecular flexibility index (Phi) is 4.73. The Labute approximate surface area is 107 Å². The Balaban J connectivity index is 0.00000289. The summed E-state index contributed by atoms with van der Waals surface area (Å²) < 4.78 is 30.8. The van der Waals surface area contributed by atoms with Gasteiger partial charge in [-0.25, -0.2) is 0 Å². The summed E-state index contributed by atoms with van der Waals surface area (Å²) in [5.41, 5.74) is -2.38. The van der Waals surface area contributed by atoms with E-state index in [1.807, 2.05) is 0 Å². The first kappa shape index (κ1) is 16.2. The van der Waals surface area contributed by atoms with E-state index in [9.17, 15) is 28.6 Å². The topological polar surface area (TPSA) is 141 Å². The molecule has 0 aliphatic rings. The van der Waals surface area contributed by atoms with Crippen molar-refractivity contribution < 1.29 is 22.8 Å². The van der Waals surface area contributed by atoms with Crippen molar-refractivity contribution in [3.63, 3.8) is 0 Å². The van der Waals surface area contributed by atoms with Crippen molar-refractivity contribution in [3.05, 3.63) is 37.9 Å². The number of hydrogen-bond acceptors (Lipinski definition) is 6. The fourth-order valence-electron chi connectivity index (χ4n) is 1.31. The summed E-state index contributed by atoms with van der Waals surface area (Å²) >= 11 is 0. The second kappa shape index (κ2) is 5.25. The maximum Gasteiger partial charge on any atom is 0.367 e. The number of aryl methyl sites for hydroxylation is 1. The van der Waals surface area contributed by atoms with Gasteiger partial charge in [0.1, 0.15) is 0 Å². The molecule has 18 heavy (non-hydrogen) atoms. The van der Waals surface area contributed by atoms with Crippen LogP contribution in [-0.4, -0.2) is 22.8 Å². The van der Waals surface area contributed by atoms with Crippen LogP contribution in [0.4, 0.5) is 11.4 Å². The molecule has 9 nitrogen and oxygen atoms in total. The number of rotatable bonds is 3. The average Bonchev–Trinajstić information content (AvgIpc) is 2.14. The van der Waals surface area contributed by atoms with Crippen LogP contribution in [0.2, 0.25) is 0 Å². The first-order valence-electron chi connectivity index (χ1n) is 4.06. The number of nitro groups is 2. The van der Waals surface area contributed by atoms with E-state index in [-0.39, 0.29) is 18.0 Å². The van der Waals surface area contributed by atoms with Crippen molar-refractivity contribution in [3.8, 4) is 0 Å². The van der Waals surface area contributed by atoms with E-state index in [2.05, 4.69) is 0 Å². The number of nitrogens with zero attached hydrogens (tertiary/aromatic N) is 2. The molecule has 0 saturated carbocycles. The Morgan fingerprint density at radius 2 is 1.67 bits per heavy atom. The molecule has 0 radical (unpaired) electrons. The van der Waals surface area contributed by atoms with Crippen LogP contribution < -0.4 is 0 Å². The van der Waals surface area contributed by atoms with Gasteiger partial charge in [0.15, 0.2) is 4.90 Å². The van der Waals surface area contributed by atoms with Gasteiger partial charge in [-0.3, -0.25) is 24.8 Å². The van der Waals surface area contributed by atoms with Gasteiger partial charge in [-0.2, -0.15) is 8.42 Å². The van der Waals surface area contributed by atoms with Gasteiger partial charge in [-0.05, 0) is 12.5 Å². The monoisotopic (exact) mass is 298 g/mol. The third kappa shape index (κ3) is 2.91. The summed E-state index contributed by atoms with van der Waals surface area (Å²) in [5.74, 6) is 0. The molecular formula is C7H7ClN2O7S. The normalized spacial score (nSPS) is 10.6. The molecule has 0 atom stereocenters. The predicted molar refractivity (Wildman–Crippen MR) is 61.6 cm³/mol. The van der Waals surface area contributed by atoms with Gasteiger partial charge >= 0.3 is 21.5 Å². The minimum Gasteiger partial charge on any atom is -0.282 e. The van der Waals surface area contributed by atoms with Crippen LogP contribution in [0.15, 0.2) is 17.0 Å². The largest absolute Gasteiger partial charge is 0.367 e. The summed E-state index contributed by atoms with van der Waals surface area (Å²) in [7, 11) is -4.91. The van der Waals surface area contributed by atoms with E-state index >= 15 is 0 Å². The van der Waals surface area contributed by atoms with Crippen molar-refractivity contribution in [1.29, 1.82) is 0 Å². The highest BCUT2D eigenvalue weighted by molar-refractivity contribution is 7.86. The molecule has 0 aromatic heterocycles. The zero-order valence-corrected chi connectivity index (χ0v) is 10.4. The first-order valence-corrected chi connectivity index (χ1v) is 5.50. The second-order valence-electron chi connectivity index (χ2n) is 3.07. The molecule has 1 aromatic rings. The molecule has 1 aromatic carbocycles. The molecular weight excluding hydrogens is 292 g/mol. The molecule has 0 heterocycles. The van der Waals surface area contributed by atoms with E-state index in [0.29, 0.717) is 0 Å². The molecule has 11 heteroatoms. The number of halogens is 1. The van der Waals surface area contributed by atoms with Gasteiger partial charge in [-0.1, -0.05) is 6.07 Å². The average molecular weight is 299 g/mol. The Hall–Kier alpha value is -1.78. The predicted octanol–water partition coefficient (Wildman–Crippen LogP) is 1.48. The molecule has 0 bridgehead atoms. The number of nitro benzene ring substituents is 2. The number of hydrogen-bond donors (Lipinski definition) is 1. The van der Waals surface area contributed by atoms with Crippen molar-refractivity contribution >= 4 is 33.9 Å². The van der Waals surface area contributed by atoms with Gasteiger partial charge < -0.3 is 0 Å². The van der Waals surface area contributed by atoms with Crippen molar-refractivity contribution in [2.45, 2.75) is 11.8 Å². The Morgan fingerprint density at radius 1 is 1.17 bits per heavy atom. The standard InChI is InChI=1S/C7H6N2O7S.ClH/c1-4-2-3-5(8(10)11)6(9(12)13)7(4)17(14,15)16;/h2-3H,1H3,(H,14,15,16);1H. The Morgan fingerprint density at radius 3 is 2.00 bits per heavy atom. The molecule has 0 aliphatic carbocycles. The molecule has 0 saturated heterocycles. The third-order valence-corrected chi connectivity index (χ3v) is 2.98. The van der Waals surface area contributed by atoms with Crippen molar-refractivity contribution in [2.75, 3.05) is 0 Å². The van der Waals surface area contributed by atoms with Crippen molar-refractivity contribution in [2.24, 2.45) is 0 Å². The highest BCUT2D eigenvalue weighted by Gasteiger charge is 2.35. The van der Waals surface area contributed by atoms with Gasteiger partial charge in [0.25, 0.3) is 0 Å². The fourth-order valence-corrected chi connectivity index (χ4v) is 2.21. The van der Waals surface area contributed by atoms with Crippen LogP contribution in [0.3, 0.4) is 0 Å². The lowest BCUT2D eigenvalue weighted by molar-refractivity contribution is -0.424. The smallest absolute Gasteiger partial charge is 0.282 e.